The van der Waals surface area contributed by atoms with E-state index in [2.05, 4.69) is 41.2 Å². The van der Waals surface area contributed by atoms with E-state index in [1.807, 2.05) is 55.5 Å². The van der Waals surface area contributed by atoms with E-state index >= 15 is 0 Å². The third kappa shape index (κ3) is 5.38. The quantitative estimate of drug-likeness (QED) is 0.364. The number of nitrogens with zero attached hydrogens (tertiary/aromatic N) is 5. The highest BCUT2D eigenvalue weighted by atomic mass is 16.5. The van der Waals surface area contributed by atoms with Crippen molar-refractivity contribution in [1.29, 1.82) is 0 Å². The molecule has 34 heavy (non-hydrogen) atoms. The Morgan fingerprint density at radius 2 is 1.79 bits per heavy atom. The predicted molar refractivity (Wildman–Crippen MR) is 122 cm³/mol. The van der Waals surface area contributed by atoms with Gasteiger partial charge in [0.25, 0.3) is 11.8 Å². The second kappa shape index (κ2) is 10.3. The Hall–Kier alpha value is -4.67. The Labute approximate surface area is 195 Å². The Bertz CT molecular complexity index is 1280. The third-order valence-electron chi connectivity index (χ3n) is 5.08. The van der Waals surface area contributed by atoms with Crippen LogP contribution in [0.15, 0.2) is 60.9 Å². The van der Waals surface area contributed by atoms with Crippen molar-refractivity contribution in [2.75, 3.05) is 7.11 Å². The average molecular weight is 458 g/mol. The summed E-state index contributed by atoms with van der Waals surface area (Å²) in [4.78, 5) is 33.3. The van der Waals surface area contributed by atoms with Gasteiger partial charge >= 0.3 is 0 Å². The highest BCUT2D eigenvalue weighted by molar-refractivity contribution is 5.97. The number of rotatable bonds is 8. The van der Waals surface area contributed by atoms with Gasteiger partial charge in [-0.1, -0.05) is 36.4 Å². The van der Waals surface area contributed by atoms with Crippen LogP contribution in [0.2, 0.25) is 0 Å². The first kappa shape index (κ1) is 22.5. The number of tetrazole rings is 1. The van der Waals surface area contributed by atoms with E-state index in [4.69, 9.17) is 4.74 Å². The van der Waals surface area contributed by atoms with Gasteiger partial charge in [0.1, 0.15) is 23.5 Å². The minimum Gasteiger partial charge on any atom is -0.497 e. The molecular weight excluding hydrogens is 436 g/mol. The summed E-state index contributed by atoms with van der Waals surface area (Å²) in [5.74, 6) is 0.358. The van der Waals surface area contributed by atoms with Crippen LogP contribution in [-0.2, 0) is 6.54 Å². The fourth-order valence-electron chi connectivity index (χ4n) is 3.22. The van der Waals surface area contributed by atoms with Crippen LogP contribution in [0.3, 0.4) is 0 Å². The summed E-state index contributed by atoms with van der Waals surface area (Å²) >= 11 is 0. The zero-order valence-electron chi connectivity index (χ0n) is 18.5. The number of methoxy groups -OCH3 is 1. The topological polar surface area (TPSA) is 148 Å². The van der Waals surface area contributed by atoms with Crippen molar-refractivity contribution in [3.63, 3.8) is 0 Å². The number of hydrogen-bond acceptors (Lipinski definition) is 8. The third-order valence-corrected chi connectivity index (χ3v) is 5.08. The molecule has 3 N–H and O–H groups in total. The molecule has 4 aromatic rings. The summed E-state index contributed by atoms with van der Waals surface area (Å²) in [6.45, 7) is 2.14. The van der Waals surface area contributed by atoms with Crippen LogP contribution in [0.5, 0.6) is 5.75 Å². The maximum atomic E-state index is 12.7. The van der Waals surface area contributed by atoms with Crippen LogP contribution < -0.4 is 15.4 Å². The lowest BCUT2D eigenvalue weighted by atomic mass is 10.1. The molecule has 0 unspecified atom stereocenters. The molecule has 0 radical (unpaired) electrons. The fourth-order valence-corrected chi connectivity index (χ4v) is 3.22. The second-order valence-corrected chi connectivity index (χ2v) is 7.38. The van der Waals surface area contributed by atoms with Gasteiger partial charge in [0.05, 0.1) is 13.2 Å². The Morgan fingerprint density at radius 3 is 2.50 bits per heavy atom. The van der Waals surface area contributed by atoms with Crippen LogP contribution >= 0.6 is 0 Å². The molecule has 0 bridgehead atoms. The van der Waals surface area contributed by atoms with E-state index < -0.39 is 11.8 Å². The number of aromatic amines is 1. The van der Waals surface area contributed by atoms with E-state index in [0.29, 0.717) is 18.1 Å². The number of ether oxygens (including phenoxy) is 1. The molecule has 0 aliphatic heterocycles. The smallest absolute Gasteiger partial charge is 0.270 e. The van der Waals surface area contributed by atoms with Crippen molar-refractivity contribution in [2.45, 2.75) is 19.5 Å². The van der Waals surface area contributed by atoms with E-state index in [1.54, 1.807) is 7.11 Å². The lowest BCUT2D eigenvalue weighted by Crippen LogP contribution is -2.29. The second-order valence-electron chi connectivity index (χ2n) is 7.38. The van der Waals surface area contributed by atoms with Crippen LogP contribution in [0.4, 0.5) is 0 Å². The van der Waals surface area contributed by atoms with E-state index in [-0.39, 0.29) is 17.4 Å². The van der Waals surface area contributed by atoms with Crippen molar-refractivity contribution in [3.8, 4) is 17.1 Å². The molecule has 4 rings (SSSR count). The molecule has 0 spiro atoms. The largest absolute Gasteiger partial charge is 0.497 e. The molecule has 2 aromatic carbocycles. The number of carbonyl (C=O) groups is 2. The minimum atomic E-state index is -0.418. The first-order valence-corrected chi connectivity index (χ1v) is 10.4. The molecule has 11 nitrogen and oxygen atoms in total. The zero-order chi connectivity index (χ0) is 23.9. The fraction of sp³-hybridized carbons (Fsp3) is 0.174. The molecule has 2 aromatic heterocycles. The SMILES string of the molecule is COc1cccc(CNC(=O)c2cc(C(=O)N[C@H](C)c3ccc(-c4nn[nH]n4)cc3)ncn2)c1. The van der Waals surface area contributed by atoms with Crippen LogP contribution in [0, 0.1) is 0 Å². The van der Waals surface area contributed by atoms with E-state index in [9.17, 15) is 9.59 Å². The van der Waals surface area contributed by atoms with Gasteiger partial charge < -0.3 is 15.4 Å². The standard InChI is InChI=1S/C23H22N8O3/c1-14(16-6-8-17(9-7-16)21-28-30-31-29-21)27-23(33)20-11-19(25-13-26-20)22(32)24-12-15-4-3-5-18(10-15)34-2/h3-11,13-14H,12H2,1-2H3,(H,24,32)(H,27,33)(H,28,29,30,31)/t14-/m1/s1. The molecule has 0 aliphatic carbocycles. The van der Waals surface area contributed by atoms with Crippen molar-refractivity contribution in [2.24, 2.45) is 0 Å². The number of aromatic nitrogens is 6. The number of benzene rings is 2. The molecule has 0 saturated carbocycles. The molecule has 2 amide bonds. The summed E-state index contributed by atoms with van der Waals surface area (Å²) in [7, 11) is 1.58. The number of hydrogen-bond donors (Lipinski definition) is 3. The lowest BCUT2D eigenvalue weighted by Gasteiger charge is -2.14. The molecular formula is C23H22N8O3. The van der Waals surface area contributed by atoms with Crippen LogP contribution in [0.25, 0.3) is 11.4 Å². The van der Waals surface area contributed by atoms with Gasteiger partial charge in [-0.05, 0) is 35.4 Å². The Morgan fingerprint density at radius 1 is 1.03 bits per heavy atom. The van der Waals surface area contributed by atoms with Gasteiger partial charge in [-0.25, -0.2) is 9.97 Å². The Kier molecular flexibility index (Phi) is 6.82. The summed E-state index contributed by atoms with van der Waals surface area (Å²) in [5, 5.41) is 19.5. The van der Waals surface area contributed by atoms with Gasteiger partial charge in [-0.15, -0.1) is 10.2 Å². The first-order chi connectivity index (χ1) is 16.5. The van der Waals surface area contributed by atoms with Gasteiger partial charge in [0, 0.05) is 18.2 Å². The van der Waals surface area contributed by atoms with Gasteiger partial charge in [-0.3, -0.25) is 9.59 Å². The molecule has 0 saturated heterocycles. The summed E-state index contributed by atoms with van der Waals surface area (Å²) in [6.07, 6.45) is 1.19. The maximum Gasteiger partial charge on any atom is 0.270 e. The van der Waals surface area contributed by atoms with Gasteiger partial charge in [-0.2, -0.15) is 5.21 Å². The van der Waals surface area contributed by atoms with Crippen molar-refractivity contribution < 1.29 is 14.3 Å². The molecule has 1 atom stereocenters. The molecule has 0 aliphatic rings. The maximum absolute atomic E-state index is 12.7. The summed E-state index contributed by atoms with van der Waals surface area (Å²) in [6, 6.07) is 15.9. The molecule has 11 heteroatoms. The average Bonchev–Trinajstić information content (AvgIpc) is 3.42. The van der Waals surface area contributed by atoms with Crippen molar-refractivity contribution in [1.82, 2.24) is 41.2 Å². The van der Waals surface area contributed by atoms with Crippen molar-refractivity contribution in [3.05, 3.63) is 83.4 Å². The van der Waals surface area contributed by atoms with Crippen LogP contribution in [0.1, 0.15) is 45.1 Å². The number of amides is 2. The minimum absolute atomic E-state index is 0.0943. The van der Waals surface area contributed by atoms with Crippen molar-refractivity contribution >= 4 is 11.8 Å². The summed E-state index contributed by atoms with van der Waals surface area (Å²) < 4.78 is 5.19. The lowest BCUT2D eigenvalue weighted by molar-refractivity contribution is 0.0934. The zero-order valence-corrected chi connectivity index (χ0v) is 18.5. The first-order valence-electron chi connectivity index (χ1n) is 10.4. The monoisotopic (exact) mass is 458 g/mol. The van der Waals surface area contributed by atoms with Gasteiger partial charge in [0.15, 0.2) is 0 Å². The highest BCUT2D eigenvalue weighted by Crippen LogP contribution is 2.19. The molecule has 2 heterocycles. The number of carbonyl (C=O) groups excluding carboxylic acids is 2. The predicted octanol–water partition coefficient (Wildman–Crippen LogP) is 2.09. The molecule has 172 valence electrons. The van der Waals surface area contributed by atoms with Crippen LogP contribution in [-0.4, -0.2) is 49.5 Å². The van der Waals surface area contributed by atoms with E-state index in [1.165, 1.54) is 12.4 Å². The van der Waals surface area contributed by atoms with E-state index in [0.717, 1.165) is 16.7 Å². The molecule has 0 fully saturated rings. The summed E-state index contributed by atoms with van der Waals surface area (Å²) in [5.41, 5.74) is 2.75. The Balaban J connectivity index is 1.37. The number of H-pyrrole nitrogens is 1. The highest BCUT2D eigenvalue weighted by Gasteiger charge is 2.16. The number of nitrogens with one attached hydrogen (secondary N) is 3. The van der Waals surface area contributed by atoms with Gasteiger partial charge in [0.2, 0.25) is 5.82 Å². The normalized spacial score (nSPS) is 11.5.